The van der Waals surface area contributed by atoms with Crippen LogP contribution < -0.4 is 0 Å². The van der Waals surface area contributed by atoms with Gasteiger partial charge in [-0.2, -0.15) is 0 Å². The van der Waals surface area contributed by atoms with E-state index in [1.54, 1.807) is 0 Å². The fourth-order valence-corrected chi connectivity index (χ4v) is 1.38. The second-order valence-electron chi connectivity index (χ2n) is 4.24. The highest BCUT2D eigenvalue weighted by Gasteiger charge is 2.37. The van der Waals surface area contributed by atoms with E-state index in [1.807, 2.05) is 4.90 Å². The van der Waals surface area contributed by atoms with Gasteiger partial charge in [0.05, 0.1) is 6.54 Å². The van der Waals surface area contributed by atoms with Crippen LogP contribution in [0, 0.1) is 0 Å². The highest BCUT2D eigenvalue weighted by molar-refractivity contribution is 4.81. The van der Waals surface area contributed by atoms with Crippen LogP contribution in [-0.4, -0.2) is 30.5 Å². The molecule has 0 aliphatic carbocycles. The van der Waals surface area contributed by atoms with Crippen LogP contribution in [0.1, 0.15) is 52.9 Å². The van der Waals surface area contributed by atoms with Crippen LogP contribution in [0.3, 0.4) is 0 Å². The Bertz CT molecular complexity index is 147. The van der Waals surface area contributed by atoms with Crippen LogP contribution in [0.4, 0.5) is 8.78 Å². The molecule has 1 rings (SSSR count). The van der Waals surface area contributed by atoms with Crippen molar-refractivity contribution in [3.05, 3.63) is 0 Å². The summed E-state index contributed by atoms with van der Waals surface area (Å²) in [7, 11) is 0. The summed E-state index contributed by atoms with van der Waals surface area (Å²) in [5.74, 6) is -2.41. The van der Waals surface area contributed by atoms with Crippen molar-refractivity contribution in [3.63, 3.8) is 0 Å². The summed E-state index contributed by atoms with van der Waals surface area (Å²) in [6, 6.07) is 0. The molecule has 1 saturated heterocycles. The third-order valence-electron chi connectivity index (χ3n) is 2.58. The molecule has 0 atom stereocenters. The van der Waals surface area contributed by atoms with Gasteiger partial charge in [-0.3, -0.25) is 4.90 Å². The molecule has 92 valence electrons. The molecule has 0 aromatic carbocycles. The molecule has 1 fully saturated rings. The summed E-state index contributed by atoms with van der Waals surface area (Å²) in [5.41, 5.74) is 0. The normalized spacial score (nSPS) is 19.8. The lowest BCUT2D eigenvalue weighted by Crippen LogP contribution is -2.26. The Morgan fingerprint density at radius 3 is 2.00 bits per heavy atom. The van der Waals surface area contributed by atoms with Crippen molar-refractivity contribution in [2.75, 3.05) is 19.6 Å². The van der Waals surface area contributed by atoms with Gasteiger partial charge in [0, 0.05) is 13.0 Å². The molecule has 1 aliphatic heterocycles. The molecule has 0 saturated carbocycles. The fourth-order valence-electron chi connectivity index (χ4n) is 1.38. The van der Waals surface area contributed by atoms with E-state index < -0.39 is 5.92 Å². The second-order valence-corrected chi connectivity index (χ2v) is 4.24. The average molecular weight is 221 g/mol. The molecule has 0 aromatic rings. The van der Waals surface area contributed by atoms with Gasteiger partial charge in [0.1, 0.15) is 0 Å². The van der Waals surface area contributed by atoms with E-state index >= 15 is 0 Å². The van der Waals surface area contributed by atoms with E-state index in [-0.39, 0.29) is 13.0 Å². The quantitative estimate of drug-likeness (QED) is 0.695. The summed E-state index contributed by atoms with van der Waals surface area (Å²) in [5, 5.41) is 0. The summed E-state index contributed by atoms with van der Waals surface area (Å²) < 4.78 is 25.2. The second kappa shape index (κ2) is 8.03. The lowest BCUT2D eigenvalue weighted by molar-refractivity contribution is 0.0121. The molecule has 0 spiro atoms. The molecule has 0 N–H and O–H groups in total. The van der Waals surface area contributed by atoms with Crippen molar-refractivity contribution >= 4 is 0 Å². The molecule has 1 heterocycles. The molecule has 0 radical (unpaired) electrons. The number of nitrogens with zero attached hydrogens (tertiary/aromatic N) is 1. The summed E-state index contributed by atoms with van der Waals surface area (Å²) in [6.45, 7) is 7.83. The monoisotopic (exact) mass is 221 g/mol. The molecule has 0 amide bonds. The molecular weight excluding hydrogens is 196 g/mol. The first kappa shape index (κ1) is 14.8. The zero-order valence-electron chi connectivity index (χ0n) is 10.4. The lowest BCUT2D eigenvalue weighted by atomic mass is 10.3. The van der Waals surface area contributed by atoms with Crippen molar-refractivity contribution in [1.82, 2.24) is 4.90 Å². The molecule has 0 unspecified atom stereocenters. The van der Waals surface area contributed by atoms with E-state index in [0.717, 1.165) is 19.4 Å². The number of hydrogen-bond donors (Lipinski definition) is 0. The van der Waals surface area contributed by atoms with Gasteiger partial charge in [0.15, 0.2) is 0 Å². The number of unbranched alkanes of at least 4 members (excludes halogenated alkanes) is 2. The van der Waals surface area contributed by atoms with Gasteiger partial charge >= 0.3 is 0 Å². The standard InChI is InChI=1S/C8H15F2N.C4H10/c1-2-3-5-11-6-4-8(9,10)7-11;1-3-4-2/h2-7H2,1H3;3-4H2,1-2H3. The highest BCUT2D eigenvalue weighted by Crippen LogP contribution is 2.26. The Hall–Kier alpha value is -0.180. The van der Waals surface area contributed by atoms with Gasteiger partial charge in [-0.15, -0.1) is 0 Å². The van der Waals surface area contributed by atoms with Crippen LogP contribution in [0.2, 0.25) is 0 Å². The summed E-state index contributed by atoms with van der Waals surface area (Å²) in [4.78, 5) is 1.85. The molecule has 1 aliphatic rings. The number of hydrogen-bond acceptors (Lipinski definition) is 1. The van der Waals surface area contributed by atoms with Gasteiger partial charge < -0.3 is 0 Å². The molecular formula is C12H25F2N. The first-order valence-corrected chi connectivity index (χ1v) is 6.16. The smallest absolute Gasteiger partial charge is 0.261 e. The molecule has 0 bridgehead atoms. The lowest BCUT2D eigenvalue weighted by Gasteiger charge is -2.14. The average Bonchev–Trinajstić information content (AvgIpc) is 2.55. The predicted octanol–water partition coefficient (Wildman–Crippen LogP) is 3.93. The van der Waals surface area contributed by atoms with Crippen LogP contribution in [0.5, 0.6) is 0 Å². The maximum atomic E-state index is 12.6. The van der Waals surface area contributed by atoms with E-state index in [4.69, 9.17) is 0 Å². The third-order valence-corrected chi connectivity index (χ3v) is 2.58. The zero-order valence-corrected chi connectivity index (χ0v) is 10.4. The van der Waals surface area contributed by atoms with Crippen molar-refractivity contribution in [2.45, 2.75) is 58.8 Å². The first-order chi connectivity index (χ1) is 7.05. The fraction of sp³-hybridized carbons (Fsp3) is 1.00. The summed E-state index contributed by atoms with van der Waals surface area (Å²) in [6.07, 6.45) is 4.81. The zero-order chi connectivity index (χ0) is 11.7. The Labute approximate surface area is 92.8 Å². The van der Waals surface area contributed by atoms with Gasteiger partial charge in [0.2, 0.25) is 0 Å². The maximum Gasteiger partial charge on any atom is 0.261 e. The van der Waals surface area contributed by atoms with Crippen LogP contribution in [0.25, 0.3) is 0 Å². The van der Waals surface area contributed by atoms with E-state index in [1.165, 1.54) is 12.8 Å². The van der Waals surface area contributed by atoms with Crippen LogP contribution in [0.15, 0.2) is 0 Å². The van der Waals surface area contributed by atoms with Gasteiger partial charge in [0.25, 0.3) is 5.92 Å². The first-order valence-electron chi connectivity index (χ1n) is 6.16. The van der Waals surface area contributed by atoms with Gasteiger partial charge in [-0.25, -0.2) is 8.78 Å². The van der Waals surface area contributed by atoms with Gasteiger partial charge in [-0.05, 0) is 13.0 Å². The van der Waals surface area contributed by atoms with Crippen molar-refractivity contribution in [2.24, 2.45) is 0 Å². The summed E-state index contributed by atoms with van der Waals surface area (Å²) >= 11 is 0. The molecule has 0 aromatic heterocycles. The Morgan fingerprint density at radius 1 is 1.07 bits per heavy atom. The SMILES string of the molecule is CCCC.CCCCN1CCC(F)(F)C1. The molecule has 15 heavy (non-hydrogen) atoms. The minimum Gasteiger partial charge on any atom is -0.297 e. The van der Waals surface area contributed by atoms with Crippen molar-refractivity contribution < 1.29 is 8.78 Å². The van der Waals surface area contributed by atoms with E-state index in [9.17, 15) is 8.78 Å². The minimum atomic E-state index is -2.41. The maximum absolute atomic E-state index is 12.6. The Morgan fingerprint density at radius 2 is 1.67 bits per heavy atom. The number of likely N-dealkylation sites (tertiary alicyclic amines) is 1. The highest BCUT2D eigenvalue weighted by atomic mass is 19.3. The molecule has 3 heteroatoms. The minimum absolute atomic E-state index is 0.0208. The van der Waals surface area contributed by atoms with Crippen LogP contribution >= 0.6 is 0 Å². The Kier molecular flexibility index (Phi) is 7.93. The number of rotatable bonds is 4. The van der Waals surface area contributed by atoms with Gasteiger partial charge in [-0.1, -0.05) is 40.0 Å². The van der Waals surface area contributed by atoms with Crippen molar-refractivity contribution in [3.8, 4) is 0 Å². The third kappa shape index (κ3) is 7.71. The van der Waals surface area contributed by atoms with Crippen molar-refractivity contribution in [1.29, 1.82) is 0 Å². The van der Waals surface area contributed by atoms with E-state index in [2.05, 4.69) is 20.8 Å². The molecule has 1 nitrogen and oxygen atoms in total. The number of alkyl halides is 2. The predicted molar refractivity (Wildman–Crippen MR) is 61.5 cm³/mol. The number of halogens is 2. The van der Waals surface area contributed by atoms with Crippen LogP contribution in [-0.2, 0) is 0 Å². The largest absolute Gasteiger partial charge is 0.297 e. The topological polar surface area (TPSA) is 3.24 Å². The van der Waals surface area contributed by atoms with E-state index in [0.29, 0.717) is 6.54 Å². The Balaban J connectivity index is 0.000000423.